The smallest absolute Gasteiger partial charge is 0.0534 e. The predicted molar refractivity (Wildman–Crippen MR) is 78.6 cm³/mol. The van der Waals surface area contributed by atoms with Gasteiger partial charge in [-0.1, -0.05) is 0 Å². The molecule has 2 aliphatic heterocycles. The lowest BCUT2D eigenvalue weighted by Crippen LogP contribution is -2.50. The van der Waals surface area contributed by atoms with Crippen molar-refractivity contribution in [1.82, 2.24) is 24.9 Å². The maximum atomic E-state index is 4.23. The van der Waals surface area contributed by atoms with Crippen LogP contribution in [-0.2, 0) is 13.6 Å². The lowest BCUT2D eigenvalue weighted by molar-refractivity contribution is 0.0981. The molecule has 1 aromatic heterocycles. The fourth-order valence-electron chi connectivity index (χ4n) is 3.05. The Morgan fingerprint density at radius 2 is 2.11 bits per heavy atom. The summed E-state index contributed by atoms with van der Waals surface area (Å²) in [6.07, 6.45) is 5.42. The molecule has 108 valence electrons. The molecule has 5 nitrogen and oxygen atoms in total. The molecule has 2 aliphatic rings. The quantitative estimate of drug-likeness (QED) is 0.868. The van der Waals surface area contributed by atoms with Crippen molar-refractivity contribution in [2.75, 3.05) is 39.3 Å². The Morgan fingerprint density at radius 1 is 1.32 bits per heavy atom. The Kier molecular flexibility index (Phi) is 5.21. The molecule has 0 amide bonds. The van der Waals surface area contributed by atoms with Crippen molar-refractivity contribution in [2.24, 2.45) is 7.05 Å². The first-order chi connectivity index (χ1) is 8.81. The van der Waals surface area contributed by atoms with Crippen LogP contribution in [0.3, 0.4) is 0 Å². The highest BCUT2D eigenvalue weighted by molar-refractivity contribution is 5.85. The van der Waals surface area contributed by atoms with Gasteiger partial charge in [0.15, 0.2) is 0 Å². The highest BCUT2D eigenvalue weighted by Gasteiger charge is 2.25. The number of aromatic nitrogens is 2. The molecule has 19 heavy (non-hydrogen) atoms. The van der Waals surface area contributed by atoms with Crippen LogP contribution >= 0.6 is 12.4 Å². The number of halogens is 1. The number of nitrogens with zero attached hydrogens (tertiary/aromatic N) is 4. The molecule has 3 rings (SSSR count). The fourth-order valence-corrected chi connectivity index (χ4v) is 3.05. The van der Waals surface area contributed by atoms with Crippen LogP contribution in [0.1, 0.15) is 12.0 Å². The molecule has 1 N–H and O–H groups in total. The van der Waals surface area contributed by atoms with Crippen LogP contribution in [0.15, 0.2) is 12.4 Å². The number of rotatable bonds is 3. The summed E-state index contributed by atoms with van der Waals surface area (Å²) in [5.74, 6) is 0. The summed E-state index contributed by atoms with van der Waals surface area (Å²) in [6.45, 7) is 8.23. The Balaban J connectivity index is 0.00000133. The Bertz CT molecular complexity index is 380. The summed E-state index contributed by atoms with van der Waals surface area (Å²) >= 11 is 0. The summed E-state index contributed by atoms with van der Waals surface area (Å²) in [7, 11) is 1.98. The van der Waals surface area contributed by atoms with E-state index in [0.717, 1.165) is 12.6 Å². The van der Waals surface area contributed by atoms with Crippen molar-refractivity contribution in [3.63, 3.8) is 0 Å². The summed E-state index contributed by atoms with van der Waals surface area (Å²) in [5, 5.41) is 7.69. The van der Waals surface area contributed by atoms with Gasteiger partial charge in [-0.2, -0.15) is 5.10 Å². The van der Waals surface area contributed by atoms with Gasteiger partial charge >= 0.3 is 0 Å². The largest absolute Gasteiger partial charge is 0.315 e. The van der Waals surface area contributed by atoms with Crippen LogP contribution < -0.4 is 5.32 Å². The average molecular weight is 286 g/mol. The molecular formula is C13H24ClN5. The third-order valence-electron chi connectivity index (χ3n) is 4.12. The van der Waals surface area contributed by atoms with Gasteiger partial charge in [0.2, 0.25) is 0 Å². The number of aryl methyl sites for hydroxylation is 1. The molecule has 1 unspecified atom stereocenters. The van der Waals surface area contributed by atoms with E-state index >= 15 is 0 Å². The lowest BCUT2D eigenvalue weighted by atomic mass is 10.2. The average Bonchev–Trinajstić information content (AvgIpc) is 3.02. The van der Waals surface area contributed by atoms with Gasteiger partial charge in [0, 0.05) is 64.1 Å². The van der Waals surface area contributed by atoms with Gasteiger partial charge in [0.25, 0.3) is 0 Å². The molecule has 1 aromatic rings. The van der Waals surface area contributed by atoms with Gasteiger partial charge in [0.1, 0.15) is 0 Å². The van der Waals surface area contributed by atoms with E-state index in [2.05, 4.69) is 26.4 Å². The molecule has 1 atom stereocenters. The zero-order valence-corrected chi connectivity index (χ0v) is 12.4. The third kappa shape index (κ3) is 3.69. The minimum absolute atomic E-state index is 0. The standard InChI is InChI=1S/C13H23N5.ClH/c1-16-10-12(8-15-16)11-17-4-6-18(7-5-17)13-2-3-14-9-13;/h8,10,13-14H,2-7,9,11H2,1H3;1H. The topological polar surface area (TPSA) is 36.3 Å². The second kappa shape index (κ2) is 6.70. The molecular weight excluding hydrogens is 262 g/mol. The highest BCUT2D eigenvalue weighted by Crippen LogP contribution is 2.13. The zero-order valence-electron chi connectivity index (χ0n) is 11.6. The van der Waals surface area contributed by atoms with Gasteiger partial charge in [-0.25, -0.2) is 0 Å². The van der Waals surface area contributed by atoms with E-state index in [4.69, 9.17) is 0 Å². The van der Waals surface area contributed by atoms with Crippen LogP contribution in [0.5, 0.6) is 0 Å². The normalized spacial score (nSPS) is 25.4. The van der Waals surface area contributed by atoms with Crippen LogP contribution in [0.25, 0.3) is 0 Å². The van der Waals surface area contributed by atoms with Gasteiger partial charge in [-0.15, -0.1) is 12.4 Å². The maximum absolute atomic E-state index is 4.23. The lowest BCUT2D eigenvalue weighted by Gasteiger charge is -2.37. The van der Waals surface area contributed by atoms with Crippen LogP contribution in [-0.4, -0.2) is 64.9 Å². The molecule has 3 heterocycles. The van der Waals surface area contributed by atoms with Crippen LogP contribution in [0.4, 0.5) is 0 Å². The van der Waals surface area contributed by atoms with Gasteiger partial charge in [0.05, 0.1) is 6.20 Å². The first-order valence-electron chi connectivity index (χ1n) is 6.96. The van der Waals surface area contributed by atoms with Crippen molar-refractivity contribution in [2.45, 2.75) is 19.0 Å². The number of hydrogen-bond donors (Lipinski definition) is 1. The van der Waals surface area contributed by atoms with E-state index < -0.39 is 0 Å². The van der Waals surface area contributed by atoms with Crippen molar-refractivity contribution in [3.8, 4) is 0 Å². The third-order valence-corrected chi connectivity index (χ3v) is 4.12. The van der Waals surface area contributed by atoms with Crippen molar-refractivity contribution in [3.05, 3.63) is 18.0 Å². The van der Waals surface area contributed by atoms with Crippen molar-refractivity contribution < 1.29 is 0 Å². The molecule has 0 aromatic carbocycles. The Labute approximate surface area is 121 Å². The summed E-state index contributed by atoms with van der Waals surface area (Å²) in [5.41, 5.74) is 1.33. The highest BCUT2D eigenvalue weighted by atomic mass is 35.5. The molecule has 0 radical (unpaired) electrons. The minimum atomic E-state index is 0. The Morgan fingerprint density at radius 3 is 2.68 bits per heavy atom. The van der Waals surface area contributed by atoms with Gasteiger partial charge in [-0.3, -0.25) is 14.5 Å². The van der Waals surface area contributed by atoms with E-state index in [-0.39, 0.29) is 12.4 Å². The zero-order chi connectivity index (χ0) is 12.4. The molecule has 0 aliphatic carbocycles. The first kappa shape index (κ1) is 14.8. The van der Waals surface area contributed by atoms with E-state index in [1.165, 1.54) is 51.3 Å². The molecule has 0 saturated carbocycles. The molecule has 0 bridgehead atoms. The summed E-state index contributed by atoms with van der Waals surface area (Å²) in [6, 6.07) is 0.783. The van der Waals surface area contributed by atoms with E-state index in [1.807, 2.05) is 17.9 Å². The SMILES string of the molecule is Cl.Cn1cc(CN2CCN(C3CCNC3)CC2)cn1. The monoisotopic (exact) mass is 285 g/mol. The van der Waals surface area contributed by atoms with Crippen LogP contribution in [0.2, 0.25) is 0 Å². The molecule has 0 spiro atoms. The maximum Gasteiger partial charge on any atom is 0.0534 e. The molecule has 2 saturated heterocycles. The van der Waals surface area contributed by atoms with E-state index in [9.17, 15) is 0 Å². The second-order valence-electron chi connectivity index (χ2n) is 5.48. The summed E-state index contributed by atoms with van der Waals surface area (Å²) in [4.78, 5) is 5.19. The minimum Gasteiger partial charge on any atom is -0.315 e. The van der Waals surface area contributed by atoms with Crippen LogP contribution in [0, 0.1) is 0 Å². The molecule has 6 heteroatoms. The van der Waals surface area contributed by atoms with E-state index in [0.29, 0.717) is 0 Å². The number of nitrogens with one attached hydrogen (secondary N) is 1. The summed E-state index contributed by atoms with van der Waals surface area (Å²) < 4.78 is 1.88. The number of piperazine rings is 1. The van der Waals surface area contributed by atoms with Crippen molar-refractivity contribution in [1.29, 1.82) is 0 Å². The van der Waals surface area contributed by atoms with Gasteiger partial charge in [-0.05, 0) is 13.0 Å². The van der Waals surface area contributed by atoms with E-state index in [1.54, 1.807) is 0 Å². The number of hydrogen-bond acceptors (Lipinski definition) is 4. The fraction of sp³-hybridized carbons (Fsp3) is 0.769. The Hall–Kier alpha value is -0.620. The molecule has 2 fully saturated rings. The predicted octanol–water partition coefficient (Wildman–Crippen LogP) is 0.321. The first-order valence-corrected chi connectivity index (χ1v) is 6.96. The second-order valence-corrected chi connectivity index (χ2v) is 5.48. The van der Waals surface area contributed by atoms with Crippen molar-refractivity contribution >= 4 is 12.4 Å². The van der Waals surface area contributed by atoms with Gasteiger partial charge < -0.3 is 5.32 Å².